The van der Waals surface area contributed by atoms with Gasteiger partial charge in [0.25, 0.3) is 11.8 Å². The predicted molar refractivity (Wildman–Crippen MR) is 146 cm³/mol. The van der Waals surface area contributed by atoms with Gasteiger partial charge >= 0.3 is 0 Å². The molecule has 0 spiro atoms. The summed E-state index contributed by atoms with van der Waals surface area (Å²) in [5.41, 5.74) is 1.11. The highest BCUT2D eigenvalue weighted by atomic mass is 33.1. The number of phenols is 2. The Morgan fingerprint density at radius 2 is 1.16 bits per heavy atom. The molecule has 14 heteroatoms. The van der Waals surface area contributed by atoms with Crippen molar-refractivity contribution in [3.63, 3.8) is 0 Å². The summed E-state index contributed by atoms with van der Waals surface area (Å²) < 4.78 is 10.1. The highest BCUT2D eigenvalue weighted by Gasteiger charge is 2.15. The number of phenolic OH excluding ortho intramolecular Hbond substituents is 2. The third-order valence-electron chi connectivity index (χ3n) is 5.02. The predicted octanol–water partition coefficient (Wildman–Crippen LogP) is 2.17. The van der Waals surface area contributed by atoms with Crippen molar-refractivity contribution in [3.8, 4) is 23.0 Å². The van der Waals surface area contributed by atoms with Crippen LogP contribution in [0.1, 0.15) is 11.1 Å². The first-order chi connectivity index (χ1) is 18.3. The lowest BCUT2D eigenvalue weighted by molar-refractivity contribution is -0.115. The fourth-order valence-electron chi connectivity index (χ4n) is 3.11. The van der Waals surface area contributed by atoms with Gasteiger partial charge in [0.05, 0.1) is 14.2 Å². The van der Waals surface area contributed by atoms with E-state index in [1.165, 1.54) is 47.9 Å². The number of aromatic hydroxyl groups is 2. The van der Waals surface area contributed by atoms with Crippen LogP contribution in [0.4, 0.5) is 0 Å². The van der Waals surface area contributed by atoms with Gasteiger partial charge in [-0.1, -0.05) is 44.0 Å². The van der Waals surface area contributed by atoms with Crippen LogP contribution in [0.25, 0.3) is 0 Å². The van der Waals surface area contributed by atoms with Crippen molar-refractivity contribution in [1.82, 2.24) is 10.6 Å². The SMILES string of the molecule is COc1cc(C/C(=N\O)C(=O)NCCSSCCNC(=O)/C(Cc2ccc(O)c(OC)c2)=N/O)ccc1O. The number of nitrogens with zero attached hydrogens (tertiary/aromatic N) is 2. The van der Waals surface area contributed by atoms with Crippen LogP contribution >= 0.6 is 21.6 Å². The summed E-state index contributed by atoms with van der Waals surface area (Å²) in [4.78, 5) is 24.6. The van der Waals surface area contributed by atoms with E-state index in [0.717, 1.165) is 0 Å². The molecule has 0 unspecified atom stereocenters. The summed E-state index contributed by atoms with van der Waals surface area (Å²) >= 11 is 0. The largest absolute Gasteiger partial charge is 0.504 e. The van der Waals surface area contributed by atoms with Crippen molar-refractivity contribution in [2.24, 2.45) is 10.3 Å². The molecule has 12 nitrogen and oxygen atoms in total. The number of methoxy groups -OCH3 is 2. The van der Waals surface area contributed by atoms with E-state index in [1.807, 2.05) is 0 Å². The molecule has 38 heavy (non-hydrogen) atoms. The molecule has 0 aliphatic rings. The molecule has 2 aromatic rings. The first-order valence-corrected chi connectivity index (χ1v) is 13.8. The number of carbonyl (C=O) groups is 2. The van der Waals surface area contributed by atoms with E-state index < -0.39 is 11.8 Å². The standard InChI is InChI=1S/C24H30N4O8S2/c1-35-21-13-15(3-5-19(21)29)11-17(27-33)23(31)25-7-9-37-38-10-8-26-24(32)18(28-34)12-16-4-6-20(30)22(14-16)36-2/h3-6,13-14,29-30,33-34H,7-12H2,1-2H3,(H,25,31)(H,26,32)/b27-17+,28-18+. The number of carbonyl (C=O) groups excluding carboxylic acids is 2. The molecule has 0 atom stereocenters. The van der Waals surface area contributed by atoms with Gasteiger partial charge in [-0.15, -0.1) is 0 Å². The summed E-state index contributed by atoms with van der Waals surface area (Å²) in [7, 11) is 5.79. The van der Waals surface area contributed by atoms with Gasteiger partial charge in [-0.05, 0) is 35.4 Å². The first kappa shape index (κ1) is 30.4. The Hall–Kier alpha value is -3.78. The number of nitrogens with one attached hydrogen (secondary N) is 2. The monoisotopic (exact) mass is 566 g/mol. The second-order valence-electron chi connectivity index (χ2n) is 7.62. The van der Waals surface area contributed by atoms with Crippen LogP contribution in [0.2, 0.25) is 0 Å². The van der Waals surface area contributed by atoms with Gasteiger partial charge in [-0.3, -0.25) is 9.59 Å². The summed E-state index contributed by atoms with van der Waals surface area (Å²) in [6, 6.07) is 9.17. The molecule has 2 rings (SSSR count). The Morgan fingerprint density at radius 3 is 1.50 bits per heavy atom. The topological polar surface area (TPSA) is 182 Å². The molecule has 2 aromatic carbocycles. The van der Waals surface area contributed by atoms with Crippen LogP contribution in [0, 0.1) is 0 Å². The number of benzene rings is 2. The molecule has 0 fully saturated rings. The molecule has 0 saturated heterocycles. The Labute approximate surface area is 227 Å². The van der Waals surface area contributed by atoms with Gasteiger partial charge < -0.3 is 40.7 Å². The first-order valence-electron chi connectivity index (χ1n) is 11.3. The Kier molecular flexibility index (Phi) is 12.9. The molecular formula is C24H30N4O8S2. The van der Waals surface area contributed by atoms with Crippen LogP contribution in [0.3, 0.4) is 0 Å². The van der Waals surface area contributed by atoms with Crippen molar-refractivity contribution in [2.75, 3.05) is 38.8 Å². The number of ether oxygens (including phenoxy) is 2. The van der Waals surface area contributed by atoms with E-state index in [4.69, 9.17) is 9.47 Å². The van der Waals surface area contributed by atoms with Crippen molar-refractivity contribution in [2.45, 2.75) is 12.8 Å². The van der Waals surface area contributed by atoms with E-state index >= 15 is 0 Å². The molecule has 0 heterocycles. The van der Waals surface area contributed by atoms with Gasteiger partial charge in [0, 0.05) is 37.4 Å². The Morgan fingerprint density at radius 1 is 0.763 bits per heavy atom. The molecule has 206 valence electrons. The van der Waals surface area contributed by atoms with E-state index in [1.54, 1.807) is 24.3 Å². The van der Waals surface area contributed by atoms with Crippen molar-refractivity contribution in [1.29, 1.82) is 0 Å². The fourth-order valence-corrected chi connectivity index (χ4v) is 4.92. The van der Waals surface area contributed by atoms with Crippen LogP contribution in [0.15, 0.2) is 46.7 Å². The maximum atomic E-state index is 12.3. The maximum Gasteiger partial charge on any atom is 0.269 e. The van der Waals surface area contributed by atoms with Gasteiger partial charge in [0.1, 0.15) is 11.4 Å². The lowest BCUT2D eigenvalue weighted by Crippen LogP contribution is -2.34. The molecule has 2 amide bonds. The number of oxime groups is 2. The summed E-state index contributed by atoms with van der Waals surface area (Å²) in [5, 5.41) is 49.3. The van der Waals surface area contributed by atoms with Gasteiger partial charge in [-0.25, -0.2) is 0 Å². The third kappa shape index (κ3) is 9.59. The minimum absolute atomic E-state index is 0.0330. The lowest BCUT2D eigenvalue weighted by atomic mass is 10.1. The van der Waals surface area contributed by atoms with E-state index in [2.05, 4.69) is 20.9 Å². The highest BCUT2D eigenvalue weighted by Crippen LogP contribution is 2.27. The van der Waals surface area contributed by atoms with E-state index in [-0.39, 0.29) is 47.3 Å². The lowest BCUT2D eigenvalue weighted by Gasteiger charge is -2.09. The average Bonchev–Trinajstić information content (AvgIpc) is 2.93. The fraction of sp³-hybridized carbons (Fsp3) is 0.333. The number of amides is 2. The zero-order valence-electron chi connectivity index (χ0n) is 20.8. The highest BCUT2D eigenvalue weighted by molar-refractivity contribution is 8.76. The van der Waals surface area contributed by atoms with Crippen LogP contribution in [-0.2, 0) is 22.4 Å². The van der Waals surface area contributed by atoms with Gasteiger partial charge in [0.2, 0.25) is 0 Å². The number of hydrogen-bond donors (Lipinski definition) is 6. The maximum absolute atomic E-state index is 12.3. The molecule has 0 aliphatic heterocycles. The summed E-state index contributed by atoms with van der Waals surface area (Å²) in [6.07, 6.45) is 0.111. The molecule has 0 saturated carbocycles. The summed E-state index contributed by atoms with van der Waals surface area (Å²) in [6.45, 7) is 0.663. The number of rotatable bonds is 15. The third-order valence-corrected chi connectivity index (χ3v) is 7.43. The summed E-state index contributed by atoms with van der Waals surface area (Å²) in [5.74, 6) is 0.553. The normalized spacial score (nSPS) is 11.6. The van der Waals surface area contributed by atoms with Crippen LogP contribution < -0.4 is 20.1 Å². The van der Waals surface area contributed by atoms with Gasteiger partial charge in [-0.2, -0.15) is 0 Å². The zero-order valence-corrected chi connectivity index (χ0v) is 22.5. The minimum Gasteiger partial charge on any atom is -0.504 e. The second kappa shape index (κ2) is 16.1. The molecule has 0 radical (unpaired) electrons. The Bertz CT molecular complexity index is 1070. The van der Waals surface area contributed by atoms with E-state index in [0.29, 0.717) is 35.7 Å². The molecule has 0 aromatic heterocycles. The van der Waals surface area contributed by atoms with Crippen molar-refractivity contribution < 1.29 is 39.7 Å². The van der Waals surface area contributed by atoms with E-state index in [9.17, 15) is 30.2 Å². The van der Waals surface area contributed by atoms with Crippen molar-refractivity contribution in [3.05, 3.63) is 47.5 Å². The molecule has 0 bridgehead atoms. The van der Waals surface area contributed by atoms with Crippen molar-refractivity contribution >= 4 is 44.8 Å². The molecular weight excluding hydrogens is 536 g/mol. The second-order valence-corrected chi connectivity index (χ2v) is 10.3. The Balaban J connectivity index is 1.64. The average molecular weight is 567 g/mol. The molecule has 6 N–H and O–H groups in total. The van der Waals surface area contributed by atoms with Gasteiger partial charge in [0.15, 0.2) is 23.0 Å². The zero-order chi connectivity index (χ0) is 27.9. The number of hydrogen-bond acceptors (Lipinski definition) is 12. The van der Waals surface area contributed by atoms with Crippen LogP contribution in [0.5, 0.6) is 23.0 Å². The molecule has 0 aliphatic carbocycles. The van der Waals surface area contributed by atoms with Crippen LogP contribution in [-0.4, -0.2) is 82.7 Å². The minimum atomic E-state index is -0.514. The smallest absolute Gasteiger partial charge is 0.269 e. The quantitative estimate of drug-likeness (QED) is 0.0614.